The van der Waals surface area contributed by atoms with Crippen LogP contribution in [-0.4, -0.2) is 71.2 Å². The van der Waals surface area contributed by atoms with Gasteiger partial charge in [-0.25, -0.2) is 4.99 Å². The van der Waals surface area contributed by atoms with Crippen molar-refractivity contribution < 1.29 is 14.6 Å². The van der Waals surface area contributed by atoms with E-state index < -0.39 is 11.0 Å². The Morgan fingerprint density at radius 1 is 1.32 bits per heavy atom. The Kier molecular flexibility index (Phi) is 6.64. The smallest absolute Gasteiger partial charge is 0.245 e. The van der Waals surface area contributed by atoms with Crippen molar-refractivity contribution in [3.63, 3.8) is 0 Å². The zero-order valence-corrected chi connectivity index (χ0v) is 16.7. The molecule has 2 rings (SSSR count). The molecule has 1 amide bonds. The summed E-state index contributed by atoms with van der Waals surface area (Å²) in [5.74, 6) is -0.0872. The molecule has 25 heavy (non-hydrogen) atoms. The highest BCUT2D eigenvalue weighted by Crippen LogP contribution is 2.28. The topological polar surface area (TPSA) is 86.5 Å². The van der Waals surface area contributed by atoms with Crippen LogP contribution in [0.5, 0.6) is 0 Å². The van der Waals surface area contributed by atoms with Crippen LogP contribution in [0.15, 0.2) is 9.98 Å². The summed E-state index contributed by atoms with van der Waals surface area (Å²) in [6.07, 6.45) is 1.87. The quantitative estimate of drug-likeness (QED) is 0.765. The molecule has 8 heteroatoms. The van der Waals surface area contributed by atoms with Gasteiger partial charge in [0.25, 0.3) is 0 Å². The highest BCUT2D eigenvalue weighted by Gasteiger charge is 2.38. The Bertz CT molecular complexity index is 554. The highest BCUT2D eigenvalue weighted by atomic mass is 32.2. The molecule has 0 bridgehead atoms. The molecule has 0 atom stereocenters. The molecular weight excluding hydrogens is 340 g/mol. The maximum absolute atomic E-state index is 12.9. The minimum atomic E-state index is -0.660. The first-order chi connectivity index (χ1) is 11.7. The third kappa shape index (κ3) is 4.81. The van der Waals surface area contributed by atoms with Crippen LogP contribution in [0.1, 0.15) is 40.5 Å². The number of ether oxygens (including phenoxy) is 1. The van der Waals surface area contributed by atoms with E-state index in [9.17, 15) is 9.90 Å². The summed E-state index contributed by atoms with van der Waals surface area (Å²) in [6.45, 7) is 9.46. The maximum atomic E-state index is 12.9. The van der Waals surface area contributed by atoms with E-state index in [0.29, 0.717) is 11.2 Å². The van der Waals surface area contributed by atoms with Gasteiger partial charge in [-0.3, -0.25) is 14.7 Å². The third-order valence-corrected chi connectivity index (χ3v) is 6.29. The number of aliphatic hydroxyl groups is 1. The van der Waals surface area contributed by atoms with Gasteiger partial charge in [-0.2, -0.15) is 0 Å². The van der Waals surface area contributed by atoms with Gasteiger partial charge in [0.2, 0.25) is 5.91 Å². The van der Waals surface area contributed by atoms with Gasteiger partial charge in [-0.1, -0.05) is 13.8 Å². The zero-order chi connectivity index (χ0) is 18.7. The predicted molar refractivity (Wildman–Crippen MR) is 102 cm³/mol. The molecule has 0 aliphatic carbocycles. The van der Waals surface area contributed by atoms with Crippen molar-refractivity contribution in [2.45, 2.75) is 52.1 Å². The molecule has 0 spiro atoms. The molecule has 142 valence electrons. The molecule has 0 saturated carbocycles. The number of nitrogens with one attached hydrogen (secondary N) is 1. The summed E-state index contributed by atoms with van der Waals surface area (Å²) in [6, 6.07) is 0.334. The second-order valence-electron chi connectivity index (χ2n) is 7.68. The lowest BCUT2D eigenvalue weighted by Gasteiger charge is -2.41. The Balaban J connectivity index is 1.99. The summed E-state index contributed by atoms with van der Waals surface area (Å²) in [5, 5.41) is 13.8. The van der Waals surface area contributed by atoms with E-state index in [0.717, 1.165) is 31.1 Å². The minimum absolute atomic E-state index is 0.00194. The molecule has 0 unspecified atom stereocenters. The van der Waals surface area contributed by atoms with E-state index in [2.05, 4.69) is 20.2 Å². The Morgan fingerprint density at radius 2 is 1.96 bits per heavy atom. The van der Waals surface area contributed by atoms with Gasteiger partial charge in [0, 0.05) is 24.7 Å². The number of likely N-dealkylation sites (N-methyl/N-ethyl adjacent to an activating group) is 1. The van der Waals surface area contributed by atoms with Crippen LogP contribution in [0.25, 0.3) is 0 Å². The van der Waals surface area contributed by atoms with E-state index in [-0.39, 0.29) is 19.2 Å². The third-order valence-electron chi connectivity index (χ3n) is 4.99. The molecule has 0 radical (unpaired) electrons. The monoisotopic (exact) mass is 370 g/mol. The van der Waals surface area contributed by atoms with Crippen LogP contribution in [0, 0.1) is 5.41 Å². The van der Waals surface area contributed by atoms with Crippen LogP contribution in [0.3, 0.4) is 0 Å². The number of hydrogen-bond donors (Lipinski definition) is 2. The van der Waals surface area contributed by atoms with Crippen molar-refractivity contribution in [2.75, 3.05) is 33.5 Å². The van der Waals surface area contributed by atoms with Crippen LogP contribution in [0.4, 0.5) is 0 Å². The Morgan fingerprint density at radius 3 is 2.56 bits per heavy atom. The number of rotatable bonds is 5. The number of thioether (sulfide) groups is 1. The SMILES string of the molecule is CN(C1CCOCC1)C(C)(C)C(=O)NC1=NCN=C(C(C)(C)CO)S1. The van der Waals surface area contributed by atoms with Gasteiger partial charge in [0.1, 0.15) is 6.67 Å². The Hall–Kier alpha value is -0.960. The fraction of sp³-hybridized carbons (Fsp3) is 0.824. The standard InChI is InChI=1S/C17H30N4O3S/c1-16(2,10-22)14-18-11-19-15(25-14)20-13(23)17(3,4)21(5)12-6-8-24-9-7-12/h12,22H,6-11H2,1-5H3,(H,19,20,23). The normalized spacial score (nSPS) is 20.3. The molecule has 1 saturated heterocycles. The van der Waals surface area contributed by atoms with E-state index in [1.54, 1.807) is 0 Å². The molecule has 1 fully saturated rings. The lowest BCUT2D eigenvalue weighted by Crippen LogP contribution is -2.58. The van der Waals surface area contributed by atoms with Crippen LogP contribution in [-0.2, 0) is 9.53 Å². The van der Waals surface area contributed by atoms with Crippen LogP contribution < -0.4 is 5.32 Å². The number of aliphatic imine (C=N–C) groups is 2. The van der Waals surface area contributed by atoms with Gasteiger partial charge in [-0.05, 0) is 45.5 Å². The van der Waals surface area contributed by atoms with Gasteiger partial charge in [0.05, 0.1) is 17.2 Å². The number of amides is 1. The molecule has 0 aromatic heterocycles. The van der Waals surface area contributed by atoms with E-state index in [1.807, 2.05) is 34.7 Å². The average molecular weight is 371 g/mol. The van der Waals surface area contributed by atoms with Gasteiger partial charge in [-0.15, -0.1) is 0 Å². The van der Waals surface area contributed by atoms with E-state index in [1.165, 1.54) is 11.8 Å². The van der Waals surface area contributed by atoms with Crippen molar-refractivity contribution in [3.05, 3.63) is 0 Å². The van der Waals surface area contributed by atoms with Crippen LogP contribution >= 0.6 is 11.8 Å². The first-order valence-corrected chi connectivity index (χ1v) is 9.50. The summed E-state index contributed by atoms with van der Waals surface area (Å²) in [7, 11) is 1.99. The predicted octanol–water partition coefficient (Wildman–Crippen LogP) is 1.47. The number of nitrogens with zero attached hydrogens (tertiary/aromatic N) is 3. The molecule has 2 aliphatic rings. The Labute approximate surface area is 154 Å². The van der Waals surface area contributed by atoms with Gasteiger partial charge < -0.3 is 15.2 Å². The molecular formula is C17H30N4O3S. The van der Waals surface area contributed by atoms with Crippen molar-refractivity contribution in [1.82, 2.24) is 10.2 Å². The molecule has 0 aromatic carbocycles. The number of hydrogen-bond acceptors (Lipinski definition) is 7. The van der Waals surface area contributed by atoms with E-state index >= 15 is 0 Å². The molecule has 2 N–H and O–H groups in total. The molecule has 7 nitrogen and oxygen atoms in total. The first kappa shape index (κ1) is 20.4. The average Bonchev–Trinajstić information content (AvgIpc) is 2.62. The van der Waals surface area contributed by atoms with Crippen molar-refractivity contribution in [1.29, 1.82) is 0 Å². The van der Waals surface area contributed by atoms with Crippen molar-refractivity contribution in [2.24, 2.45) is 15.4 Å². The lowest BCUT2D eigenvalue weighted by atomic mass is 9.96. The summed E-state index contributed by atoms with van der Waals surface area (Å²) in [4.78, 5) is 23.7. The first-order valence-electron chi connectivity index (χ1n) is 8.68. The largest absolute Gasteiger partial charge is 0.395 e. The summed E-state index contributed by atoms with van der Waals surface area (Å²) >= 11 is 1.32. The van der Waals surface area contributed by atoms with E-state index in [4.69, 9.17) is 4.74 Å². The number of amidine groups is 1. The number of carbonyl (C=O) groups excluding carboxylic acids is 1. The second-order valence-corrected chi connectivity index (χ2v) is 8.66. The summed E-state index contributed by atoms with van der Waals surface area (Å²) in [5.41, 5.74) is -1.10. The molecule has 2 aliphatic heterocycles. The zero-order valence-electron chi connectivity index (χ0n) is 15.8. The van der Waals surface area contributed by atoms with Crippen molar-refractivity contribution >= 4 is 27.9 Å². The second kappa shape index (κ2) is 8.16. The highest BCUT2D eigenvalue weighted by molar-refractivity contribution is 8.26. The number of carbonyl (C=O) groups is 1. The fourth-order valence-electron chi connectivity index (χ4n) is 2.74. The van der Waals surface area contributed by atoms with Crippen LogP contribution in [0.2, 0.25) is 0 Å². The van der Waals surface area contributed by atoms with Crippen molar-refractivity contribution in [3.8, 4) is 0 Å². The van der Waals surface area contributed by atoms with Gasteiger partial charge >= 0.3 is 0 Å². The molecule has 0 aromatic rings. The minimum Gasteiger partial charge on any atom is -0.395 e. The summed E-state index contributed by atoms with van der Waals surface area (Å²) < 4.78 is 5.42. The maximum Gasteiger partial charge on any atom is 0.245 e. The lowest BCUT2D eigenvalue weighted by molar-refractivity contribution is -0.131. The number of aliphatic hydroxyl groups excluding tert-OH is 1. The van der Waals surface area contributed by atoms with Gasteiger partial charge in [0.15, 0.2) is 5.17 Å². The molecule has 2 heterocycles. The fourth-order valence-corrected chi connectivity index (χ4v) is 3.66.